The van der Waals surface area contributed by atoms with Crippen LogP contribution in [0, 0.1) is 0 Å². The summed E-state index contributed by atoms with van der Waals surface area (Å²) >= 11 is 3.25. The Kier molecular flexibility index (Phi) is 3.86. The molecule has 1 aromatic carbocycles. The van der Waals surface area contributed by atoms with Gasteiger partial charge in [-0.3, -0.25) is 9.59 Å². The van der Waals surface area contributed by atoms with Gasteiger partial charge >= 0.3 is 0 Å². The molecule has 2 amide bonds. The second-order valence-corrected chi connectivity index (χ2v) is 5.03. The molecule has 18 heavy (non-hydrogen) atoms. The molecule has 0 bridgehead atoms. The number of benzene rings is 1. The topological polar surface area (TPSA) is 84.2 Å². The largest absolute Gasteiger partial charge is 0.398 e. The van der Waals surface area contributed by atoms with Crippen molar-refractivity contribution in [3.8, 4) is 0 Å². The van der Waals surface area contributed by atoms with Crippen molar-refractivity contribution >= 4 is 33.4 Å². The lowest BCUT2D eigenvalue weighted by atomic mass is 10.2. The van der Waals surface area contributed by atoms with Crippen LogP contribution in [0.1, 0.15) is 23.2 Å². The molecule has 0 atom stereocenters. The molecule has 0 aliphatic heterocycles. The van der Waals surface area contributed by atoms with Gasteiger partial charge in [0, 0.05) is 11.7 Å². The maximum Gasteiger partial charge on any atom is 0.252 e. The average molecular weight is 312 g/mol. The van der Waals surface area contributed by atoms with Crippen LogP contribution < -0.4 is 16.4 Å². The maximum absolute atomic E-state index is 11.8. The van der Waals surface area contributed by atoms with Gasteiger partial charge in [-0.25, -0.2) is 0 Å². The number of nitrogen functional groups attached to an aromatic ring is 1. The summed E-state index contributed by atoms with van der Waals surface area (Å²) in [4.78, 5) is 23.3. The van der Waals surface area contributed by atoms with E-state index in [0.717, 1.165) is 12.8 Å². The molecule has 1 saturated carbocycles. The fourth-order valence-corrected chi connectivity index (χ4v) is 1.93. The normalized spacial score (nSPS) is 14.1. The summed E-state index contributed by atoms with van der Waals surface area (Å²) in [5, 5.41) is 5.36. The molecule has 0 heterocycles. The summed E-state index contributed by atoms with van der Waals surface area (Å²) in [5.41, 5.74) is 6.60. The molecule has 96 valence electrons. The monoisotopic (exact) mass is 311 g/mol. The van der Waals surface area contributed by atoms with Crippen molar-refractivity contribution in [3.05, 3.63) is 28.2 Å². The SMILES string of the molecule is Nc1cccc(C(=O)NCC(=O)NC2CC2)c1Br. The summed E-state index contributed by atoms with van der Waals surface area (Å²) in [5.74, 6) is -0.481. The maximum atomic E-state index is 11.8. The van der Waals surface area contributed by atoms with Gasteiger partial charge < -0.3 is 16.4 Å². The molecular formula is C12H14BrN3O2. The highest BCUT2D eigenvalue weighted by atomic mass is 79.9. The van der Waals surface area contributed by atoms with Crippen molar-refractivity contribution < 1.29 is 9.59 Å². The smallest absolute Gasteiger partial charge is 0.252 e. The molecule has 5 nitrogen and oxygen atoms in total. The van der Waals surface area contributed by atoms with Crippen LogP contribution in [0.4, 0.5) is 5.69 Å². The Bertz CT molecular complexity index is 486. The second-order valence-electron chi connectivity index (χ2n) is 4.23. The minimum absolute atomic E-state index is 0.0173. The second kappa shape index (κ2) is 5.39. The predicted octanol–water partition coefficient (Wildman–Crippen LogP) is 1.04. The van der Waals surface area contributed by atoms with Crippen LogP contribution >= 0.6 is 15.9 Å². The van der Waals surface area contributed by atoms with E-state index >= 15 is 0 Å². The summed E-state index contributed by atoms with van der Waals surface area (Å²) < 4.78 is 0.546. The number of halogens is 1. The molecule has 1 fully saturated rings. The molecule has 1 aliphatic carbocycles. The number of carbonyl (C=O) groups excluding carboxylic acids is 2. The first-order valence-electron chi connectivity index (χ1n) is 5.69. The molecule has 0 radical (unpaired) electrons. The van der Waals surface area contributed by atoms with Crippen molar-refractivity contribution in [2.45, 2.75) is 18.9 Å². The molecule has 0 aromatic heterocycles. The van der Waals surface area contributed by atoms with Crippen molar-refractivity contribution in [2.75, 3.05) is 12.3 Å². The van der Waals surface area contributed by atoms with E-state index in [1.807, 2.05) is 0 Å². The Morgan fingerprint density at radius 2 is 2.11 bits per heavy atom. The van der Waals surface area contributed by atoms with Gasteiger partial charge in [0.15, 0.2) is 0 Å². The quantitative estimate of drug-likeness (QED) is 0.726. The summed E-state index contributed by atoms with van der Waals surface area (Å²) in [6, 6.07) is 5.34. The first-order chi connectivity index (χ1) is 8.58. The van der Waals surface area contributed by atoms with Gasteiger partial charge in [0.1, 0.15) is 0 Å². The number of rotatable bonds is 4. The minimum Gasteiger partial charge on any atom is -0.398 e. The zero-order valence-electron chi connectivity index (χ0n) is 9.70. The van der Waals surface area contributed by atoms with Gasteiger partial charge in [-0.15, -0.1) is 0 Å². The lowest BCUT2D eigenvalue weighted by Gasteiger charge is -2.08. The third kappa shape index (κ3) is 3.22. The fourth-order valence-electron chi connectivity index (χ4n) is 1.49. The van der Waals surface area contributed by atoms with Crippen LogP contribution in [0.2, 0.25) is 0 Å². The van der Waals surface area contributed by atoms with Crippen molar-refractivity contribution in [1.29, 1.82) is 0 Å². The van der Waals surface area contributed by atoms with Gasteiger partial charge in [0.05, 0.1) is 16.6 Å². The molecule has 4 N–H and O–H groups in total. The number of hydrogen-bond donors (Lipinski definition) is 3. The Hall–Kier alpha value is -1.56. The van der Waals surface area contributed by atoms with Crippen molar-refractivity contribution in [3.63, 3.8) is 0 Å². The van der Waals surface area contributed by atoms with Gasteiger partial charge in [-0.1, -0.05) is 6.07 Å². The molecule has 1 aromatic rings. The number of anilines is 1. The van der Waals surface area contributed by atoms with Crippen LogP contribution in [-0.4, -0.2) is 24.4 Å². The number of hydrogen-bond acceptors (Lipinski definition) is 3. The van der Waals surface area contributed by atoms with Gasteiger partial charge in [0.2, 0.25) is 5.91 Å². The Morgan fingerprint density at radius 1 is 1.39 bits per heavy atom. The minimum atomic E-state index is -0.319. The third-order valence-corrected chi connectivity index (χ3v) is 3.51. The lowest BCUT2D eigenvalue weighted by Crippen LogP contribution is -2.37. The number of nitrogens with one attached hydrogen (secondary N) is 2. The van der Waals surface area contributed by atoms with Crippen LogP contribution in [0.15, 0.2) is 22.7 Å². The Morgan fingerprint density at radius 3 is 2.78 bits per heavy atom. The van der Waals surface area contributed by atoms with Crippen LogP contribution in [0.25, 0.3) is 0 Å². The number of amides is 2. The summed E-state index contributed by atoms with van der Waals surface area (Å²) in [6.07, 6.45) is 2.06. The zero-order valence-corrected chi connectivity index (χ0v) is 11.3. The highest BCUT2D eigenvalue weighted by Crippen LogP contribution is 2.23. The van der Waals surface area contributed by atoms with Crippen molar-refractivity contribution in [1.82, 2.24) is 10.6 Å². The molecule has 1 aliphatic rings. The average Bonchev–Trinajstić information content (AvgIpc) is 3.13. The van der Waals surface area contributed by atoms with Gasteiger partial charge in [0.25, 0.3) is 5.91 Å². The Balaban J connectivity index is 1.90. The van der Waals surface area contributed by atoms with E-state index in [0.29, 0.717) is 21.8 Å². The van der Waals surface area contributed by atoms with E-state index in [-0.39, 0.29) is 18.4 Å². The van der Waals surface area contributed by atoms with E-state index in [4.69, 9.17) is 5.73 Å². The highest BCUT2D eigenvalue weighted by Gasteiger charge is 2.23. The number of nitrogens with two attached hydrogens (primary N) is 1. The highest BCUT2D eigenvalue weighted by molar-refractivity contribution is 9.10. The molecule has 6 heteroatoms. The van der Waals surface area contributed by atoms with E-state index in [1.165, 1.54) is 0 Å². The van der Waals surface area contributed by atoms with Crippen LogP contribution in [-0.2, 0) is 4.79 Å². The molecule has 2 rings (SSSR count). The van der Waals surface area contributed by atoms with Gasteiger partial charge in [-0.05, 0) is 40.9 Å². The van der Waals surface area contributed by atoms with Gasteiger partial charge in [-0.2, -0.15) is 0 Å². The first kappa shape index (κ1) is 12.9. The van der Waals surface area contributed by atoms with E-state index in [9.17, 15) is 9.59 Å². The first-order valence-corrected chi connectivity index (χ1v) is 6.49. The lowest BCUT2D eigenvalue weighted by molar-refractivity contribution is -0.120. The number of carbonyl (C=O) groups is 2. The van der Waals surface area contributed by atoms with E-state index in [2.05, 4.69) is 26.6 Å². The summed E-state index contributed by atoms with van der Waals surface area (Å²) in [7, 11) is 0. The van der Waals surface area contributed by atoms with E-state index < -0.39 is 0 Å². The predicted molar refractivity (Wildman–Crippen MR) is 72.1 cm³/mol. The van der Waals surface area contributed by atoms with E-state index in [1.54, 1.807) is 18.2 Å². The third-order valence-electron chi connectivity index (χ3n) is 2.63. The molecular weight excluding hydrogens is 298 g/mol. The Labute approximate surface area is 113 Å². The molecule has 0 spiro atoms. The molecule has 0 saturated heterocycles. The standard InChI is InChI=1S/C12H14BrN3O2/c13-11-8(2-1-3-9(11)14)12(18)15-6-10(17)16-7-4-5-7/h1-3,7H,4-6,14H2,(H,15,18)(H,16,17). The summed E-state index contributed by atoms with van der Waals surface area (Å²) in [6.45, 7) is -0.0173. The van der Waals surface area contributed by atoms with Crippen LogP contribution in [0.5, 0.6) is 0 Å². The molecule has 0 unspecified atom stereocenters. The zero-order chi connectivity index (χ0) is 13.1. The van der Waals surface area contributed by atoms with Crippen molar-refractivity contribution in [2.24, 2.45) is 0 Å². The fraction of sp³-hybridized carbons (Fsp3) is 0.333. The van der Waals surface area contributed by atoms with Crippen LogP contribution in [0.3, 0.4) is 0 Å².